The topological polar surface area (TPSA) is 129 Å². The van der Waals surface area contributed by atoms with Crippen molar-refractivity contribution < 1.29 is 29.6 Å². The normalized spacial score (nSPS) is 14.2. The molecule has 170 valence electrons. The number of aromatic carboxylic acids is 1. The summed E-state index contributed by atoms with van der Waals surface area (Å²) in [5.41, 5.74) is 4.64. The zero-order valence-electron chi connectivity index (χ0n) is 17.9. The molecule has 2 aromatic carbocycles. The zero-order valence-corrected chi connectivity index (χ0v) is 17.9. The number of nitrogens with one attached hydrogen (secondary N) is 1. The number of carboxylic acids is 1. The van der Waals surface area contributed by atoms with Gasteiger partial charge in [0.1, 0.15) is 18.8 Å². The van der Waals surface area contributed by atoms with Crippen molar-refractivity contribution >= 4 is 12.1 Å². The second kappa shape index (κ2) is 9.40. The first kappa shape index (κ1) is 22.4. The summed E-state index contributed by atoms with van der Waals surface area (Å²) in [7, 11) is 0. The maximum atomic E-state index is 12.3. The SMILES string of the molecule is Cc1cnc(C(=O)O)c(C(O)C(O)CNC(=O)OCC2c3ccccc3-c3ccccc32)c1. The van der Waals surface area contributed by atoms with Gasteiger partial charge in [0.15, 0.2) is 5.69 Å². The van der Waals surface area contributed by atoms with Crippen LogP contribution < -0.4 is 5.32 Å². The quantitative estimate of drug-likeness (QED) is 0.437. The van der Waals surface area contributed by atoms with Crippen molar-refractivity contribution in [2.45, 2.75) is 25.0 Å². The molecule has 1 aromatic heterocycles. The smallest absolute Gasteiger partial charge is 0.407 e. The van der Waals surface area contributed by atoms with E-state index in [-0.39, 0.29) is 30.3 Å². The van der Waals surface area contributed by atoms with Gasteiger partial charge in [0.05, 0.1) is 0 Å². The Hall–Kier alpha value is -3.75. The Kier molecular flexibility index (Phi) is 6.39. The molecule has 2 atom stereocenters. The van der Waals surface area contributed by atoms with E-state index in [1.165, 1.54) is 12.3 Å². The highest BCUT2D eigenvalue weighted by Gasteiger charge is 2.29. The number of rotatable bonds is 7. The van der Waals surface area contributed by atoms with E-state index in [0.29, 0.717) is 5.56 Å². The van der Waals surface area contributed by atoms with Gasteiger partial charge >= 0.3 is 12.1 Å². The lowest BCUT2D eigenvalue weighted by molar-refractivity contribution is 0.0172. The minimum atomic E-state index is -1.54. The van der Waals surface area contributed by atoms with Crippen molar-refractivity contribution in [3.05, 3.63) is 88.7 Å². The average Bonchev–Trinajstić information content (AvgIpc) is 3.14. The molecule has 0 radical (unpaired) electrons. The summed E-state index contributed by atoms with van der Waals surface area (Å²) in [5.74, 6) is -1.42. The first-order valence-corrected chi connectivity index (χ1v) is 10.5. The molecular weight excluding hydrogens is 424 g/mol. The lowest BCUT2D eigenvalue weighted by Gasteiger charge is -2.20. The average molecular weight is 448 g/mol. The minimum Gasteiger partial charge on any atom is -0.477 e. The van der Waals surface area contributed by atoms with Crippen LogP contribution in [-0.4, -0.2) is 51.6 Å². The number of fused-ring (bicyclic) bond motifs is 3. The third-order valence-corrected chi connectivity index (χ3v) is 5.74. The number of aliphatic hydroxyl groups is 2. The van der Waals surface area contributed by atoms with Gasteiger partial charge in [-0.25, -0.2) is 14.6 Å². The van der Waals surface area contributed by atoms with Crippen LogP contribution in [0.4, 0.5) is 4.79 Å². The monoisotopic (exact) mass is 448 g/mol. The fourth-order valence-corrected chi connectivity index (χ4v) is 4.15. The summed E-state index contributed by atoms with van der Waals surface area (Å²) in [5, 5.41) is 32.5. The van der Waals surface area contributed by atoms with E-state index in [1.807, 2.05) is 48.5 Å². The number of hydrogen-bond acceptors (Lipinski definition) is 6. The summed E-state index contributed by atoms with van der Waals surface area (Å²) in [4.78, 5) is 27.5. The maximum absolute atomic E-state index is 12.3. The van der Waals surface area contributed by atoms with Crippen molar-refractivity contribution in [3.63, 3.8) is 0 Å². The molecule has 4 rings (SSSR count). The number of benzene rings is 2. The predicted molar refractivity (Wildman–Crippen MR) is 120 cm³/mol. The molecule has 8 heteroatoms. The third kappa shape index (κ3) is 4.57. The number of pyridine rings is 1. The molecule has 0 bridgehead atoms. The first-order valence-electron chi connectivity index (χ1n) is 10.5. The number of aliphatic hydroxyl groups excluding tert-OH is 2. The summed E-state index contributed by atoms with van der Waals surface area (Å²) in [6.45, 7) is 1.48. The summed E-state index contributed by atoms with van der Waals surface area (Å²) < 4.78 is 5.41. The molecule has 0 saturated carbocycles. The number of carboxylic acid groups (broad SMARTS) is 1. The molecule has 3 aromatic rings. The van der Waals surface area contributed by atoms with Crippen LogP contribution in [0.15, 0.2) is 60.8 Å². The van der Waals surface area contributed by atoms with Crippen molar-refractivity contribution in [3.8, 4) is 11.1 Å². The Morgan fingerprint density at radius 2 is 1.67 bits per heavy atom. The standard InChI is InChI=1S/C25H24N2O6/c1-14-10-19(22(24(30)31)26-11-14)23(29)21(28)12-27-25(32)33-13-20-17-8-4-2-6-15(17)16-7-3-5-9-18(16)20/h2-11,20-21,23,28-29H,12-13H2,1H3,(H,27,32)(H,30,31). The number of carbonyl (C=O) groups excluding carboxylic acids is 1. The predicted octanol–water partition coefficient (Wildman–Crippen LogP) is 3.02. The number of amides is 1. The molecule has 1 aliphatic rings. The fourth-order valence-electron chi connectivity index (χ4n) is 4.15. The number of aryl methyl sites for hydroxylation is 1. The van der Waals surface area contributed by atoms with E-state index < -0.39 is 24.3 Å². The number of aromatic nitrogens is 1. The molecule has 0 spiro atoms. The molecule has 8 nitrogen and oxygen atoms in total. The number of hydrogen-bond donors (Lipinski definition) is 4. The van der Waals surface area contributed by atoms with Crippen molar-refractivity contribution in [1.82, 2.24) is 10.3 Å². The van der Waals surface area contributed by atoms with Gasteiger partial charge in [-0.2, -0.15) is 0 Å². The molecule has 33 heavy (non-hydrogen) atoms. The largest absolute Gasteiger partial charge is 0.477 e. The molecule has 4 N–H and O–H groups in total. The van der Waals surface area contributed by atoms with Crippen LogP contribution in [0.1, 0.15) is 44.8 Å². The van der Waals surface area contributed by atoms with Gasteiger partial charge in [-0.05, 0) is 40.8 Å². The van der Waals surface area contributed by atoms with Crippen LogP contribution in [-0.2, 0) is 4.74 Å². The molecular formula is C25H24N2O6. The zero-order chi connectivity index (χ0) is 23.5. The van der Waals surface area contributed by atoms with Gasteiger partial charge < -0.3 is 25.4 Å². The van der Waals surface area contributed by atoms with E-state index in [1.54, 1.807) is 6.92 Å². The van der Waals surface area contributed by atoms with Crippen LogP contribution in [0.3, 0.4) is 0 Å². The number of ether oxygens (including phenoxy) is 1. The van der Waals surface area contributed by atoms with Crippen LogP contribution in [0.5, 0.6) is 0 Å². The van der Waals surface area contributed by atoms with Gasteiger partial charge in [-0.3, -0.25) is 0 Å². The highest BCUT2D eigenvalue weighted by Crippen LogP contribution is 2.44. The second-order valence-electron chi connectivity index (χ2n) is 7.97. The Morgan fingerprint density at radius 1 is 1.06 bits per heavy atom. The molecule has 0 fully saturated rings. The fraction of sp³-hybridized carbons (Fsp3) is 0.240. The lowest BCUT2D eigenvalue weighted by Crippen LogP contribution is -2.36. The van der Waals surface area contributed by atoms with Gasteiger partial charge in [0, 0.05) is 24.2 Å². The Morgan fingerprint density at radius 3 is 2.27 bits per heavy atom. The minimum absolute atomic E-state index is 0.0238. The van der Waals surface area contributed by atoms with Crippen molar-refractivity contribution in [2.24, 2.45) is 0 Å². The molecule has 2 unspecified atom stereocenters. The number of carbonyl (C=O) groups is 2. The van der Waals surface area contributed by atoms with E-state index in [4.69, 9.17) is 4.74 Å². The Bertz CT molecular complexity index is 1150. The highest BCUT2D eigenvalue weighted by molar-refractivity contribution is 5.87. The Balaban J connectivity index is 1.37. The molecule has 1 heterocycles. The van der Waals surface area contributed by atoms with E-state index in [2.05, 4.69) is 10.3 Å². The Labute approximate surface area is 190 Å². The molecule has 0 aliphatic heterocycles. The summed E-state index contributed by atoms with van der Waals surface area (Å²) in [6.07, 6.45) is -2.38. The van der Waals surface area contributed by atoms with Gasteiger partial charge in [0.25, 0.3) is 0 Å². The van der Waals surface area contributed by atoms with Gasteiger partial charge in [-0.1, -0.05) is 48.5 Å². The van der Waals surface area contributed by atoms with Crippen LogP contribution in [0.2, 0.25) is 0 Å². The van der Waals surface area contributed by atoms with Crippen molar-refractivity contribution in [2.75, 3.05) is 13.2 Å². The van der Waals surface area contributed by atoms with E-state index >= 15 is 0 Å². The number of nitrogens with zero attached hydrogens (tertiary/aromatic N) is 1. The molecule has 1 amide bonds. The third-order valence-electron chi connectivity index (χ3n) is 5.74. The van der Waals surface area contributed by atoms with E-state index in [0.717, 1.165) is 22.3 Å². The number of alkyl carbamates (subject to hydrolysis) is 1. The summed E-state index contributed by atoms with van der Waals surface area (Å²) in [6, 6.07) is 17.4. The second-order valence-corrected chi connectivity index (χ2v) is 7.97. The summed E-state index contributed by atoms with van der Waals surface area (Å²) >= 11 is 0. The van der Waals surface area contributed by atoms with Gasteiger partial charge in [0.2, 0.25) is 0 Å². The van der Waals surface area contributed by atoms with Crippen molar-refractivity contribution in [1.29, 1.82) is 0 Å². The van der Waals surface area contributed by atoms with Crippen LogP contribution >= 0.6 is 0 Å². The van der Waals surface area contributed by atoms with Gasteiger partial charge in [-0.15, -0.1) is 0 Å². The maximum Gasteiger partial charge on any atom is 0.407 e. The van der Waals surface area contributed by atoms with E-state index in [9.17, 15) is 24.9 Å². The first-order chi connectivity index (χ1) is 15.9. The lowest BCUT2D eigenvalue weighted by atomic mass is 9.98. The highest BCUT2D eigenvalue weighted by atomic mass is 16.5. The molecule has 1 aliphatic carbocycles. The van der Waals surface area contributed by atoms with Crippen LogP contribution in [0.25, 0.3) is 11.1 Å². The van der Waals surface area contributed by atoms with Crippen LogP contribution in [0, 0.1) is 6.92 Å². The molecule has 0 saturated heterocycles.